The van der Waals surface area contributed by atoms with Crippen LogP contribution < -0.4 is 10.6 Å². The van der Waals surface area contributed by atoms with Crippen LogP contribution in [0.25, 0.3) is 0 Å². The van der Waals surface area contributed by atoms with E-state index in [1.807, 2.05) is 0 Å². The summed E-state index contributed by atoms with van der Waals surface area (Å²) < 4.78 is 27.7. The number of hydrogen-bond acceptors (Lipinski definition) is 3. The number of urea groups is 1. The fraction of sp³-hybridized carbons (Fsp3) is 0.211. The first kappa shape index (κ1) is 19.8. The van der Waals surface area contributed by atoms with Gasteiger partial charge in [0.1, 0.15) is 23.7 Å². The summed E-state index contributed by atoms with van der Waals surface area (Å²) in [4.78, 5) is 38.0. The number of nitrogens with one attached hydrogen (secondary N) is 2. The van der Waals surface area contributed by atoms with Gasteiger partial charge in [-0.1, -0.05) is 17.7 Å². The van der Waals surface area contributed by atoms with Crippen molar-refractivity contribution >= 4 is 35.1 Å². The molecule has 0 unspecified atom stereocenters. The lowest BCUT2D eigenvalue weighted by Crippen LogP contribution is -2.42. The van der Waals surface area contributed by atoms with Crippen molar-refractivity contribution in [3.8, 4) is 0 Å². The van der Waals surface area contributed by atoms with Gasteiger partial charge in [0.25, 0.3) is 5.91 Å². The van der Waals surface area contributed by atoms with E-state index in [0.717, 1.165) is 18.2 Å². The van der Waals surface area contributed by atoms with Crippen LogP contribution in [0.1, 0.15) is 18.1 Å². The molecule has 1 fully saturated rings. The molecule has 0 aliphatic carbocycles. The Bertz CT molecular complexity index is 998. The first-order valence-corrected chi connectivity index (χ1v) is 8.66. The lowest BCUT2D eigenvalue weighted by Gasteiger charge is -2.22. The van der Waals surface area contributed by atoms with Crippen molar-refractivity contribution in [3.63, 3.8) is 0 Å². The minimum absolute atomic E-state index is 0.320. The molecule has 0 bridgehead atoms. The second-order valence-electron chi connectivity index (χ2n) is 6.53. The number of benzene rings is 2. The maximum absolute atomic E-state index is 14.1. The molecule has 0 aromatic heterocycles. The highest BCUT2D eigenvalue weighted by molar-refractivity contribution is 6.31. The van der Waals surface area contributed by atoms with E-state index in [1.54, 1.807) is 25.1 Å². The highest BCUT2D eigenvalue weighted by Gasteiger charge is 2.50. The van der Waals surface area contributed by atoms with Crippen LogP contribution in [0.15, 0.2) is 36.4 Å². The molecular weight excluding hydrogens is 392 g/mol. The molecule has 4 amide bonds. The molecule has 1 aliphatic rings. The molecular formula is C19H16ClF2N3O3. The number of amides is 4. The van der Waals surface area contributed by atoms with Crippen LogP contribution in [-0.2, 0) is 15.1 Å². The van der Waals surface area contributed by atoms with Crippen molar-refractivity contribution in [1.29, 1.82) is 0 Å². The van der Waals surface area contributed by atoms with E-state index in [2.05, 4.69) is 10.6 Å². The highest BCUT2D eigenvalue weighted by Crippen LogP contribution is 2.31. The van der Waals surface area contributed by atoms with Gasteiger partial charge in [-0.05, 0) is 49.7 Å². The van der Waals surface area contributed by atoms with Crippen LogP contribution >= 0.6 is 11.6 Å². The lowest BCUT2D eigenvalue weighted by atomic mass is 9.91. The lowest BCUT2D eigenvalue weighted by molar-refractivity contribution is -0.133. The fourth-order valence-electron chi connectivity index (χ4n) is 2.98. The minimum atomic E-state index is -1.82. The van der Waals surface area contributed by atoms with Gasteiger partial charge in [-0.2, -0.15) is 0 Å². The molecule has 3 rings (SSSR count). The number of nitrogens with zero attached hydrogens (tertiary/aromatic N) is 1. The molecule has 0 spiro atoms. The number of carbonyl (C=O) groups is 3. The average Bonchev–Trinajstić information content (AvgIpc) is 2.85. The molecule has 2 N–H and O–H groups in total. The predicted octanol–water partition coefficient (Wildman–Crippen LogP) is 3.33. The van der Waals surface area contributed by atoms with Gasteiger partial charge in [0.15, 0.2) is 0 Å². The Labute approximate surface area is 164 Å². The molecule has 0 saturated carbocycles. The number of carbonyl (C=O) groups excluding carboxylic acids is 3. The second kappa shape index (κ2) is 7.20. The van der Waals surface area contributed by atoms with Crippen LogP contribution in [0.2, 0.25) is 5.02 Å². The molecule has 1 atom stereocenters. The Morgan fingerprint density at radius 3 is 2.68 bits per heavy atom. The summed E-state index contributed by atoms with van der Waals surface area (Å²) in [6, 6.07) is 6.65. The van der Waals surface area contributed by atoms with E-state index in [4.69, 9.17) is 11.6 Å². The van der Waals surface area contributed by atoms with Crippen molar-refractivity contribution in [2.24, 2.45) is 0 Å². The molecule has 9 heteroatoms. The molecule has 146 valence electrons. The normalized spacial score (nSPS) is 19.0. The van der Waals surface area contributed by atoms with Crippen molar-refractivity contribution in [3.05, 3.63) is 64.2 Å². The Morgan fingerprint density at radius 2 is 1.96 bits per heavy atom. The number of anilines is 1. The van der Waals surface area contributed by atoms with Crippen LogP contribution in [0.5, 0.6) is 0 Å². The number of hydrogen-bond donors (Lipinski definition) is 2. The van der Waals surface area contributed by atoms with Crippen molar-refractivity contribution in [1.82, 2.24) is 10.2 Å². The van der Waals surface area contributed by atoms with E-state index < -0.39 is 41.6 Å². The van der Waals surface area contributed by atoms with Gasteiger partial charge in [0.05, 0.1) is 0 Å². The predicted molar refractivity (Wildman–Crippen MR) is 98.8 cm³/mol. The zero-order valence-corrected chi connectivity index (χ0v) is 15.7. The molecule has 1 heterocycles. The third-order valence-electron chi connectivity index (χ3n) is 4.59. The molecule has 1 aliphatic heterocycles. The monoisotopic (exact) mass is 407 g/mol. The first-order chi connectivity index (χ1) is 13.1. The molecule has 0 radical (unpaired) electrons. The fourth-order valence-corrected chi connectivity index (χ4v) is 3.15. The maximum atomic E-state index is 14.1. The Morgan fingerprint density at radius 1 is 1.25 bits per heavy atom. The zero-order valence-electron chi connectivity index (χ0n) is 15.0. The van der Waals surface area contributed by atoms with Crippen LogP contribution in [0.4, 0.5) is 19.3 Å². The number of rotatable bonds is 4. The quantitative estimate of drug-likeness (QED) is 0.763. The van der Waals surface area contributed by atoms with Gasteiger partial charge in [0, 0.05) is 16.3 Å². The summed E-state index contributed by atoms with van der Waals surface area (Å²) in [5.41, 5.74) is -1.08. The van der Waals surface area contributed by atoms with E-state index in [-0.39, 0.29) is 5.56 Å². The topological polar surface area (TPSA) is 78.5 Å². The molecule has 6 nitrogen and oxygen atoms in total. The van der Waals surface area contributed by atoms with E-state index in [1.165, 1.54) is 6.92 Å². The van der Waals surface area contributed by atoms with E-state index in [0.29, 0.717) is 21.2 Å². The Hall–Kier alpha value is -3.00. The zero-order chi connectivity index (χ0) is 20.6. The molecule has 28 heavy (non-hydrogen) atoms. The van der Waals surface area contributed by atoms with Crippen LogP contribution in [-0.4, -0.2) is 29.3 Å². The molecule has 1 saturated heterocycles. The summed E-state index contributed by atoms with van der Waals surface area (Å²) in [6.07, 6.45) is 0. The largest absolute Gasteiger partial charge is 0.325 e. The van der Waals surface area contributed by atoms with Gasteiger partial charge in [-0.3, -0.25) is 14.5 Å². The summed E-state index contributed by atoms with van der Waals surface area (Å²) in [5, 5.41) is 5.36. The van der Waals surface area contributed by atoms with Crippen LogP contribution in [0.3, 0.4) is 0 Å². The van der Waals surface area contributed by atoms with Gasteiger partial charge < -0.3 is 10.6 Å². The minimum Gasteiger partial charge on any atom is -0.324 e. The third-order valence-corrected chi connectivity index (χ3v) is 5.00. The smallest absolute Gasteiger partial charge is 0.324 e. The van der Waals surface area contributed by atoms with Crippen molar-refractivity contribution in [2.45, 2.75) is 19.4 Å². The Kier molecular flexibility index (Phi) is 5.08. The van der Waals surface area contributed by atoms with Gasteiger partial charge in [-0.15, -0.1) is 0 Å². The van der Waals surface area contributed by atoms with E-state index >= 15 is 0 Å². The standard InChI is InChI=1S/C19H16ClF2N3O3/c1-10-13(20)4-3-5-15(10)23-16(26)9-25-17(27)19(2,24-18(25)28)12-8-11(21)6-7-14(12)22/h3-8H,9H2,1-2H3,(H,23,26)(H,24,28)/t19-/m0/s1. The highest BCUT2D eigenvalue weighted by atomic mass is 35.5. The van der Waals surface area contributed by atoms with Crippen LogP contribution in [0, 0.1) is 18.6 Å². The SMILES string of the molecule is Cc1c(Cl)cccc1NC(=O)CN1C(=O)N[C@@](C)(c2cc(F)ccc2F)C1=O. The maximum Gasteiger partial charge on any atom is 0.325 e. The van der Waals surface area contributed by atoms with E-state index in [9.17, 15) is 23.2 Å². The Balaban J connectivity index is 1.81. The third kappa shape index (κ3) is 3.43. The second-order valence-corrected chi connectivity index (χ2v) is 6.94. The molecule has 2 aromatic carbocycles. The summed E-state index contributed by atoms with van der Waals surface area (Å²) in [5.74, 6) is -3.11. The van der Waals surface area contributed by atoms with Gasteiger partial charge in [-0.25, -0.2) is 13.6 Å². The number of halogens is 3. The van der Waals surface area contributed by atoms with Crippen molar-refractivity contribution < 1.29 is 23.2 Å². The summed E-state index contributed by atoms with van der Waals surface area (Å²) >= 11 is 6.00. The average molecular weight is 408 g/mol. The van der Waals surface area contributed by atoms with Gasteiger partial charge >= 0.3 is 6.03 Å². The summed E-state index contributed by atoms with van der Waals surface area (Å²) in [7, 11) is 0. The summed E-state index contributed by atoms with van der Waals surface area (Å²) in [6.45, 7) is 2.36. The van der Waals surface area contributed by atoms with Crippen molar-refractivity contribution in [2.75, 3.05) is 11.9 Å². The number of imide groups is 1. The van der Waals surface area contributed by atoms with Gasteiger partial charge in [0.2, 0.25) is 5.91 Å². The molecule has 2 aromatic rings. The first-order valence-electron chi connectivity index (χ1n) is 8.28.